The lowest BCUT2D eigenvalue weighted by atomic mass is 10.1. The predicted octanol–water partition coefficient (Wildman–Crippen LogP) is 1.92. The van der Waals surface area contributed by atoms with E-state index in [1.165, 1.54) is 18.6 Å². The number of amides is 1. The van der Waals surface area contributed by atoms with Gasteiger partial charge >= 0.3 is 0 Å². The van der Waals surface area contributed by atoms with Gasteiger partial charge in [0.25, 0.3) is 0 Å². The van der Waals surface area contributed by atoms with Crippen molar-refractivity contribution in [1.29, 1.82) is 0 Å². The molecular formula is C14H29IN4OS. The summed E-state index contributed by atoms with van der Waals surface area (Å²) < 4.78 is 0.280. The van der Waals surface area contributed by atoms with E-state index in [-0.39, 0.29) is 34.6 Å². The highest BCUT2D eigenvalue weighted by Gasteiger charge is 2.29. The second-order valence-electron chi connectivity index (χ2n) is 5.56. The van der Waals surface area contributed by atoms with E-state index in [0.717, 1.165) is 19.0 Å². The van der Waals surface area contributed by atoms with Crippen LogP contribution in [0.1, 0.15) is 33.1 Å². The van der Waals surface area contributed by atoms with Gasteiger partial charge in [-0.25, -0.2) is 0 Å². The lowest BCUT2D eigenvalue weighted by molar-refractivity contribution is -0.128. The number of aliphatic imine (C=N–C) groups is 1. The number of nitrogens with zero attached hydrogens (tertiary/aromatic N) is 2. The summed E-state index contributed by atoms with van der Waals surface area (Å²) >= 11 is 2.01. The Morgan fingerprint density at radius 3 is 2.62 bits per heavy atom. The Bertz CT molecular complexity index is 344. The van der Waals surface area contributed by atoms with Gasteiger partial charge in [0, 0.05) is 38.4 Å². The van der Waals surface area contributed by atoms with E-state index in [2.05, 4.69) is 22.5 Å². The highest BCUT2D eigenvalue weighted by Crippen LogP contribution is 2.37. The van der Waals surface area contributed by atoms with Crippen molar-refractivity contribution >= 4 is 47.6 Å². The normalized spacial score (nSPS) is 21.6. The van der Waals surface area contributed by atoms with Crippen LogP contribution in [0.4, 0.5) is 0 Å². The summed E-state index contributed by atoms with van der Waals surface area (Å²) in [5.41, 5.74) is 0. The van der Waals surface area contributed by atoms with Gasteiger partial charge in [-0.05, 0) is 32.4 Å². The summed E-state index contributed by atoms with van der Waals surface area (Å²) in [6, 6.07) is 0. The number of nitrogens with one attached hydrogen (secondary N) is 2. The molecule has 0 aromatic carbocycles. The van der Waals surface area contributed by atoms with Crippen LogP contribution in [0, 0.1) is 0 Å². The average molecular weight is 428 g/mol. The summed E-state index contributed by atoms with van der Waals surface area (Å²) in [4.78, 5) is 17.8. The first-order valence-corrected chi connectivity index (χ1v) is 8.32. The third kappa shape index (κ3) is 8.13. The van der Waals surface area contributed by atoms with E-state index in [4.69, 9.17) is 0 Å². The maximum absolute atomic E-state index is 11.5. The molecular weight excluding hydrogens is 399 g/mol. The van der Waals surface area contributed by atoms with Crippen molar-refractivity contribution in [2.45, 2.75) is 37.9 Å². The van der Waals surface area contributed by atoms with Crippen molar-refractivity contribution in [3.63, 3.8) is 0 Å². The quantitative estimate of drug-likeness (QED) is 0.386. The summed E-state index contributed by atoms with van der Waals surface area (Å²) in [6.07, 6.45) is 3.01. The van der Waals surface area contributed by atoms with Crippen LogP contribution in [-0.2, 0) is 4.79 Å². The van der Waals surface area contributed by atoms with Crippen molar-refractivity contribution in [2.75, 3.05) is 39.5 Å². The third-order valence-corrected chi connectivity index (χ3v) is 4.87. The van der Waals surface area contributed by atoms with Crippen LogP contribution in [0.5, 0.6) is 0 Å². The molecule has 0 spiro atoms. The Morgan fingerprint density at radius 2 is 2.10 bits per heavy atom. The van der Waals surface area contributed by atoms with Gasteiger partial charge < -0.3 is 15.5 Å². The molecule has 0 radical (unpaired) electrons. The zero-order valence-corrected chi connectivity index (χ0v) is 16.7. The molecule has 1 unspecified atom stereocenters. The van der Waals surface area contributed by atoms with Crippen molar-refractivity contribution in [3.05, 3.63) is 0 Å². The minimum absolute atomic E-state index is 0. The number of halogens is 1. The second-order valence-corrected chi connectivity index (χ2v) is 7.24. The SMILES string of the molecule is CCNC(=NCC1(C)CCCS1)NCCC(=O)N(C)C.I. The van der Waals surface area contributed by atoms with E-state index in [1.807, 2.05) is 18.7 Å². The van der Waals surface area contributed by atoms with E-state index in [9.17, 15) is 4.79 Å². The number of thioether (sulfide) groups is 1. The van der Waals surface area contributed by atoms with Crippen molar-refractivity contribution in [2.24, 2.45) is 4.99 Å². The summed E-state index contributed by atoms with van der Waals surface area (Å²) in [5, 5.41) is 6.46. The Morgan fingerprint density at radius 1 is 1.38 bits per heavy atom. The Balaban J connectivity index is 0.00000400. The number of carbonyl (C=O) groups is 1. The van der Waals surface area contributed by atoms with Crippen LogP contribution >= 0.6 is 35.7 Å². The maximum Gasteiger partial charge on any atom is 0.223 e. The van der Waals surface area contributed by atoms with Crippen LogP contribution in [0.3, 0.4) is 0 Å². The highest BCUT2D eigenvalue weighted by atomic mass is 127. The summed E-state index contributed by atoms with van der Waals surface area (Å²) in [7, 11) is 3.56. The summed E-state index contributed by atoms with van der Waals surface area (Å²) in [5.74, 6) is 2.19. The molecule has 0 aliphatic carbocycles. The lowest BCUT2D eigenvalue weighted by Gasteiger charge is -2.21. The van der Waals surface area contributed by atoms with E-state index in [0.29, 0.717) is 13.0 Å². The van der Waals surface area contributed by atoms with Crippen LogP contribution in [0.15, 0.2) is 4.99 Å². The minimum atomic E-state index is 0. The fourth-order valence-corrected chi connectivity index (χ4v) is 3.29. The average Bonchev–Trinajstić information content (AvgIpc) is 2.83. The van der Waals surface area contributed by atoms with Gasteiger partial charge in [-0.2, -0.15) is 11.8 Å². The molecule has 2 N–H and O–H groups in total. The number of hydrogen-bond donors (Lipinski definition) is 2. The van der Waals surface area contributed by atoms with E-state index in [1.54, 1.807) is 19.0 Å². The van der Waals surface area contributed by atoms with Gasteiger partial charge in [0.05, 0.1) is 6.54 Å². The van der Waals surface area contributed by atoms with Gasteiger partial charge in [-0.1, -0.05) is 0 Å². The number of guanidine groups is 1. The molecule has 1 aliphatic heterocycles. The standard InChI is InChI=1S/C14H28N4OS.HI/c1-5-15-13(16-9-7-12(19)18(3)4)17-11-14(2)8-6-10-20-14;/h5-11H2,1-4H3,(H2,15,16,17);1H. The molecule has 0 aromatic rings. The number of rotatable bonds is 6. The first kappa shape index (κ1) is 20.8. The molecule has 1 amide bonds. The number of carbonyl (C=O) groups excluding carboxylic acids is 1. The van der Waals surface area contributed by atoms with E-state index < -0.39 is 0 Å². The van der Waals surface area contributed by atoms with E-state index >= 15 is 0 Å². The second kappa shape index (κ2) is 10.5. The molecule has 1 aliphatic rings. The molecule has 1 saturated heterocycles. The molecule has 124 valence electrons. The largest absolute Gasteiger partial charge is 0.357 e. The fourth-order valence-electron chi connectivity index (χ4n) is 2.06. The van der Waals surface area contributed by atoms with Gasteiger partial charge in [0.1, 0.15) is 0 Å². The Kier molecular flexibility index (Phi) is 10.4. The zero-order valence-electron chi connectivity index (χ0n) is 13.6. The van der Waals surface area contributed by atoms with Crippen molar-refractivity contribution in [3.8, 4) is 0 Å². The lowest BCUT2D eigenvalue weighted by Crippen LogP contribution is -2.40. The van der Waals surface area contributed by atoms with Gasteiger partial charge in [-0.15, -0.1) is 24.0 Å². The van der Waals surface area contributed by atoms with Gasteiger partial charge in [-0.3, -0.25) is 9.79 Å². The predicted molar refractivity (Wildman–Crippen MR) is 103 cm³/mol. The van der Waals surface area contributed by atoms with Crippen LogP contribution in [-0.4, -0.2) is 61.0 Å². The van der Waals surface area contributed by atoms with Crippen LogP contribution < -0.4 is 10.6 Å². The molecule has 1 rings (SSSR count). The minimum Gasteiger partial charge on any atom is -0.357 e. The van der Waals surface area contributed by atoms with Crippen molar-refractivity contribution < 1.29 is 4.79 Å². The van der Waals surface area contributed by atoms with Gasteiger partial charge in [0.2, 0.25) is 5.91 Å². The molecule has 1 atom stereocenters. The zero-order chi connectivity index (χ0) is 15.0. The Hall–Kier alpha value is -0.180. The molecule has 0 bridgehead atoms. The molecule has 7 heteroatoms. The molecule has 1 heterocycles. The first-order valence-electron chi connectivity index (χ1n) is 7.33. The fraction of sp³-hybridized carbons (Fsp3) is 0.857. The molecule has 0 saturated carbocycles. The van der Waals surface area contributed by atoms with Crippen LogP contribution in [0.25, 0.3) is 0 Å². The molecule has 5 nitrogen and oxygen atoms in total. The smallest absolute Gasteiger partial charge is 0.223 e. The third-order valence-electron chi connectivity index (χ3n) is 3.35. The van der Waals surface area contributed by atoms with Crippen LogP contribution in [0.2, 0.25) is 0 Å². The van der Waals surface area contributed by atoms with Crippen molar-refractivity contribution in [1.82, 2.24) is 15.5 Å². The molecule has 21 heavy (non-hydrogen) atoms. The Labute approximate surface area is 150 Å². The molecule has 1 fully saturated rings. The molecule has 0 aromatic heterocycles. The summed E-state index contributed by atoms with van der Waals surface area (Å²) in [6.45, 7) is 6.61. The number of hydrogen-bond acceptors (Lipinski definition) is 3. The maximum atomic E-state index is 11.5. The highest BCUT2D eigenvalue weighted by molar-refractivity contribution is 14.0. The monoisotopic (exact) mass is 428 g/mol. The first-order chi connectivity index (χ1) is 9.47. The topological polar surface area (TPSA) is 56.7 Å². The van der Waals surface area contributed by atoms with Gasteiger partial charge in [0.15, 0.2) is 5.96 Å².